The molecule has 2 aromatic rings. The molecule has 2 aromatic heterocycles. The van der Waals surface area contributed by atoms with Crippen molar-refractivity contribution in [3.05, 3.63) is 35.0 Å². The zero-order chi connectivity index (χ0) is 15.4. The molecule has 0 aliphatic rings. The van der Waals surface area contributed by atoms with Gasteiger partial charge in [-0.25, -0.2) is 4.98 Å². The van der Waals surface area contributed by atoms with Crippen LogP contribution >= 0.6 is 12.2 Å². The van der Waals surface area contributed by atoms with Crippen LogP contribution in [-0.4, -0.2) is 24.7 Å². The van der Waals surface area contributed by atoms with Gasteiger partial charge in [0, 0.05) is 18.8 Å². The summed E-state index contributed by atoms with van der Waals surface area (Å²) < 4.78 is 1.95. The number of thiocarbonyl (C=S) groups is 1. The standard InChI is InChI=1S/C15H21N5S/c1-4-7-12-17-8-9-20(12)15-13(14(16)21)10(5-2)11(6-3)18-19-15/h8-9H,4-7H2,1-3H3,(H2,16,21). The Balaban J connectivity index is 2.68. The van der Waals surface area contributed by atoms with Crippen molar-refractivity contribution in [2.75, 3.05) is 0 Å². The summed E-state index contributed by atoms with van der Waals surface area (Å²) in [4.78, 5) is 4.76. The maximum atomic E-state index is 5.97. The molecule has 2 N–H and O–H groups in total. The highest BCUT2D eigenvalue weighted by atomic mass is 32.1. The third-order valence-electron chi connectivity index (χ3n) is 3.49. The van der Waals surface area contributed by atoms with E-state index >= 15 is 0 Å². The van der Waals surface area contributed by atoms with E-state index in [9.17, 15) is 0 Å². The van der Waals surface area contributed by atoms with Crippen LogP contribution in [0, 0.1) is 0 Å². The van der Waals surface area contributed by atoms with Crippen molar-refractivity contribution in [2.45, 2.75) is 46.5 Å². The quantitative estimate of drug-likeness (QED) is 0.830. The van der Waals surface area contributed by atoms with E-state index in [1.807, 2.05) is 10.8 Å². The summed E-state index contributed by atoms with van der Waals surface area (Å²) >= 11 is 5.27. The Morgan fingerprint density at radius 2 is 2.00 bits per heavy atom. The van der Waals surface area contributed by atoms with Gasteiger partial charge in [0.25, 0.3) is 0 Å². The predicted molar refractivity (Wildman–Crippen MR) is 87.8 cm³/mol. The lowest BCUT2D eigenvalue weighted by Crippen LogP contribution is -2.21. The smallest absolute Gasteiger partial charge is 0.171 e. The van der Waals surface area contributed by atoms with Crippen LogP contribution in [0.25, 0.3) is 5.82 Å². The van der Waals surface area contributed by atoms with Crippen LogP contribution < -0.4 is 5.73 Å². The minimum absolute atomic E-state index is 0.364. The van der Waals surface area contributed by atoms with Gasteiger partial charge in [-0.15, -0.1) is 5.10 Å². The van der Waals surface area contributed by atoms with Crippen molar-refractivity contribution in [2.24, 2.45) is 5.73 Å². The first kappa shape index (κ1) is 15.6. The average molecular weight is 303 g/mol. The monoisotopic (exact) mass is 303 g/mol. The van der Waals surface area contributed by atoms with E-state index in [0.717, 1.165) is 48.3 Å². The van der Waals surface area contributed by atoms with E-state index in [1.165, 1.54) is 0 Å². The Kier molecular flexibility index (Phi) is 5.01. The summed E-state index contributed by atoms with van der Waals surface area (Å²) in [5, 5.41) is 8.72. The number of hydrogen-bond acceptors (Lipinski definition) is 4. The van der Waals surface area contributed by atoms with Gasteiger partial charge in [0.15, 0.2) is 5.82 Å². The Labute approximate surface area is 130 Å². The molecule has 0 saturated carbocycles. The van der Waals surface area contributed by atoms with Crippen LogP contribution in [0.4, 0.5) is 0 Å². The molecule has 0 aliphatic heterocycles. The molecule has 0 radical (unpaired) electrons. The highest BCUT2D eigenvalue weighted by molar-refractivity contribution is 7.80. The van der Waals surface area contributed by atoms with Crippen molar-refractivity contribution < 1.29 is 0 Å². The number of imidazole rings is 1. The van der Waals surface area contributed by atoms with Crippen molar-refractivity contribution >= 4 is 17.2 Å². The van der Waals surface area contributed by atoms with E-state index in [2.05, 4.69) is 36.0 Å². The number of nitrogens with two attached hydrogens (primary N) is 1. The third-order valence-corrected chi connectivity index (χ3v) is 3.70. The molecule has 0 spiro atoms. The maximum Gasteiger partial charge on any atom is 0.171 e. The first-order valence-corrected chi connectivity index (χ1v) is 7.75. The van der Waals surface area contributed by atoms with Crippen LogP contribution in [-0.2, 0) is 19.3 Å². The minimum atomic E-state index is 0.364. The van der Waals surface area contributed by atoms with Gasteiger partial charge >= 0.3 is 0 Å². The van der Waals surface area contributed by atoms with Gasteiger partial charge in [0.2, 0.25) is 0 Å². The van der Waals surface area contributed by atoms with Gasteiger partial charge in [-0.2, -0.15) is 5.10 Å². The first-order chi connectivity index (χ1) is 10.1. The lowest BCUT2D eigenvalue weighted by atomic mass is 10.0. The molecule has 0 aliphatic carbocycles. The van der Waals surface area contributed by atoms with Crippen molar-refractivity contribution in [1.82, 2.24) is 19.7 Å². The number of hydrogen-bond donors (Lipinski definition) is 1. The predicted octanol–water partition coefficient (Wildman–Crippen LogP) is 2.37. The fourth-order valence-electron chi connectivity index (χ4n) is 2.53. The van der Waals surface area contributed by atoms with Crippen molar-refractivity contribution in [3.8, 4) is 5.82 Å². The molecule has 2 rings (SSSR count). The second-order valence-electron chi connectivity index (χ2n) is 4.86. The zero-order valence-electron chi connectivity index (χ0n) is 12.8. The molecule has 21 heavy (non-hydrogen) atoms. The number of aromatic nitrogens is 4. The number of rotatable bonds is 6. The summed E-state index contributed by atoms with van der Waals surface area (Å²) in [6, 6.07) is 0. The first-order valence-electron chi connectivity index (χ1n) is 7.34. The Hall–Kier alpha value is -1.82. The van der Waals surface area contributed by atoms with E-state index < -0.39 is 0 Å². The van der Waals surface area contributed by atoms with E-state index in [1.54, 1.807) is 6.20 Å². The second-order valence-corrected chi connectivity index (χ2v) is 5.30. The van der Waals surface area contributed by atoms with E-state index in [0.29, 0.717) is 10.8 Å². The molecular weight excluding hydrogens is 282 g/mol. The molecule has 0 atom stereocenters. The van der Waals surface area contributed by atoms with Gasteiger partial charge in [-0.3, -0.25) is 4.57 Å². The summed E-state index contributed by atoms with van der Waals surface area (Å²) in [6.07, 6.45) is 7.20. The Bertz CT molecular complexity index is 648. The normalized spacial score (nSPS) is 10.8. The maximum absolute atomic E-state index is 5.97. The fraction of sp³-hybridized carbons (Fsp3) is 0.467. The van der Waals surface area contributed by atoms with Gasteiger partial charge in [-0.05, 0) is 24.8 Å². The Morgan fingerprint density at radius 3 is 2.57 bits per heavy atom. The van der Waals surface area contributed by atoms with Gasteiger partial charge in [0.1, 0.15) is 10.8 Å². The fourth-order valence-corrected chi connectivity index (χ4v) is 2.74. The Morgan fingerprint density at radius 1 is 1.24 bits per heavy atom. The molecule has 6 heteroatoms. The molecule has 0 aromatic carbocycles. The largest absolute Gasteiger partial charge is 0.389 e. The van der Waals surface area contributed by atoms with Gasteiger partial charge < -0.3 is 5.73 Å². The SMILES string of the molecule is CCCc1nccn1-c1nnc(CC)c(CC)c1C(N)=S. The molecule has 5 nitrogen and oxygen atoms in total. The summed E-state index contributed by atoms with van der Waals surface area (Å²) in [5.74, 6) is 1.65. The average Bonchev–Trinajstić information content (AvgIpc) is 2.93. The molecule has 112 valence electrons. The molecule has 0 fully saturated rings. The summed E-state index contributed by atoms with van der Waals surface area (Å²) in [5.41, 5.74) is 8.85. The van der Waals surface area contributed by atoms with E-state index in [-0.39, 0.29) is 0 Å². The van der Waals surface area contributed by atoms with E-state index in [4.69, 9.17) is 18.0 Å². The zero-order valence-corrected chi connectivity index (χ0v) is 13.6. The molecule has 0 unspecified atom stereocenters. The number of aryl methyl sites for hydroxylation is 2. The third kappa shape index (κ3) is 2.95. The topological polar surface area (TPSA) is 69.6 Å². The van der Waals surface area contributed by atoms with Crippen LogP contribution in [0.15, 0.2) is 12.4 Å². The lowest BCUT2D eigenvalue weighted by Gasteiger charge is -2.16. The molecule has 0 bridgehead atoms. The van der Waals surface area contributed by atoms with Gasteiger partial charge in [-0.1, -0.05) is 33.0 Å². The molecule has 0 saturated heterocycles. The summed E-state index contributed by atoms with van der Waals surface area (Å²) in [7, 11) is 0. The van der Waals surface area contributed by atoms with Crippen LogP contribution in [0.3, 0.4) is 0 Å². The van der Waals surface area contributed by atoms with Crippen LogP contribution in [0.1, 0.15) is 49.8 Å². The molecule has 2 heterocycles. The number of nitrogens with zero attached hydrogens (tertiary/aromatic N) is 4. The molecular formula is C15H21N5S. The lowest BCUT2D eigenvalue weighted by molar-refractivity contribution is 0.770. The highest BCUT2D eigenvalue weighted by Gasteiger charge is 2.19. The van der Waals surface area contributed by atoms with Crippen molar-refractivity contribution in [3.63, 3.8) is 0 Å². The van der Waals surface area contributed by atoms with Crippen LogP contribution in [0.5, 0.6) is 0 Å². The minimum Gasteiger partial charge on any atom is -0.389 e. The van der Waals surface area contributed by atoms with Crippen LogP contribution in [0.2, 0.25) is 0 Å². The van der Waals surface area contributed by atoms with Gasteiger partial charge in [0.05, 0.1) is 11.3 Å². The second kappa shape index (κ2) is 6.76. The highest BCUT2D eigenvalue weighted by Crippen LogP contribution is 2.21. The van der Waals surface area contributed by atoms with Crippen molar-refractivity contribution in [1.29, 1.82) is 0 Å². The summed E-state index contributed by atoms with van der Waals surface area (Å²) in [6.45, 7) is 6.27. The molecule has 0 amide bonds.